The third-order valence-electron chi connectivity index (χ3n) is 3.72. The number of para-hydroxylation sites is 1. The summed E-state index contributed by atoms with van der Waals surface area (Å²) in [6.45, 7) is 2.82. The summed E-state index contributed by atoms with van der Waals surface area (Å²) in [6.07, 6.45) is 1.58. The van der Waals surface area contributed by atoms with E-state index in [0.29, 0.717) is 22.3 Å². The first-order valence-electron chi connectivity index (χ1n) is 7.72. The number of pyridine rings is 1. The van der Waals surface area contributed by atoms with Crippen LogP contribution in [0, 0.1) is 0 Å². The highest BCUT2D eigenvalue weighted by Gasteiger charge is 2.14. The van der Waals surface area contributed by atoms with Crippen LogP contribution in [0.15, 0.2) is 48.7 Å². The van der Waals surface area contributed by atoms with Crippen LogP contribution in [0.1, 0.15) is 13.8 Å². The Kier molecular flexibility index (Phi) is 4.35. The third-order valence-corrected chi connectivity index (χ3v) is 3.72. The van der Waals surface area contributed by atoms with Gasteiger partial charge in [-0.15, -0.1) is 0 Å². The lowest BCUT2D eigenvalue weighted by atomic mass is 9.99. The van der Waals surface area contributed by atoms with Crippen molar-refractivity contribution in [1.29, 1.82) is 0 Å². The predicted molar refractivity (Wildman–Crippen MR) is 97.5 cm³/mol. The second-order valence-electron chi connectivity index (χ2n) is 5.62. The maximum absolute atomic E-state index is 11.5. The van der Waals surface area contributed by atoms with Crippen LogP contribution in [0.3, 0.4) is 0 Å². The number of benzene rings is 2. The lowest BCUT2D eigenvalue weighted by Crippen LogP contribution is -2.07. The van der Waals surface area contributed by atoms with Gasteiger partial charge in [0.05, 0.1) is 5.69 Å². The van der Waals surface area contributed by atoms with Gasteiger partial charge in [-0.2, -0.15) is 0 Å². The molecule has 0 saturated carbocycles. The monoisotopic (exact) mass is 335 g/mol. The van der Waals surface area contributed by atoms with E-state index >= 15 is 0 Å². The molecule has 0 fully saturated rings. The van der Waals surface area contributed by atoms with E-state index in [1.807, 2.05) is 30.3 Å². The Morgan fingerprint density at radius 3 is 2.28 bits per heavy atom. The van der Waals surface area contributed by atoms with E-state index in [2.05, 4.69) is 15.6 Å². The van der Waals surface area contributed by atoms with Gasteiger partial charge in [-0.05, 0) is 29.8 Å². The maximum atomic E-state index is 11.5. The fourth-order valence-electron chi connectivity index (χ4n) is 2.75. The van der Waals surface area contributed by atoms with Crippen molar-refractivity contribution in [2.75, 3.05) is 10.6 Å². The molecule has 1 aromatic heterocycles. The number of nitrogens with zero attached hydrogens (tertiary/aromatic N) is 1. The molecular weight excluding hydrogens is 318 g/mol. The molecule has 0 radical (unpaired) electrons. The number of hydrogen-bond acceptors (Lipinski definition) is 4. The van der Waals surface area contributed by atoms with Crippen LogP contribution >= 0.6 is 0 Å². The molecule has 3 N–H and O–H groups in total. The van der Waals surface area contributed by atoms with Gasteiger partial charge in [0, 0.05) is 36.7 Å². The summed E-state index contributed by atoms with van der Waals surface area (Å²) >= 11 is 0. The molecule has 25 heavy (non-hydrogen) atoms. The number of amides is 2. The maximum Gasteiger partial charge on any atom is 0.221 e. The van der Waals surface area contributed by atoms with Gasteiger partial charge >= 0.3 is 0 Å². The Bertz CT molecular complexity index is 983. The van der Waals surface area contributed by atoms with Crippen molar-refractivity contribution in [2.24, 2.45) is 0 Å². The summed E-state index contributed by atoms with van der Waals surface area (Å²) in [5.41, 5.74) is 2.99. The van der Waals surface area contributed by atoms with Crippen LogP contribution in [-0.2, 0) is 9.59 Å². The minimum Gasteiger partial charge on any atom is -0.504 e. The number of fused-ring (bicyclic) bond motifs is 1. The van der Waals surface area contributed by atoms with E-state index in [1.165, 1.54) is 13.8 Å². The van der Waals surface area contributed by atoms with Gasteiger partial charge in [0.2, 0.25) is 11.8 Å². The van der Waals surface area contributed by atoms with Gasteiger partial charge in [0.25, 0.3) is 0 Å². The standard InChI is InChI=1S/C19H17N3O3/c1-11(23)21-16-6-4-3-5-14(16)13-9-10-20-18-15(13)7-8-17(19(18)25)22-12(2)24/h3-10,25H,1-2H3,(H,21,23)(H,22,24). The average molecular weight is 335 g/mol. The Morgan fingerprint density at radius 2 is 1.56 bits per heavy atom. The quantitative estimate of drug-likeness (QED) is 0.639. The van der Waals surface area contributed by atoms with Gasteiger partial charge in [-0.3, -0.25) is 14.6 Å². The molecule has 0 aliphatic heterocycles. The lowest BCUT2D eigenvalue weighted by molar-refractivity contribution is -0.115. The zero-order valence-corrected chi connectivity index (χ0v) is 13.8. The van der Waals surface area contributed by atoms with Gasteiger partial charge < -0.3 is 15.7 Å². The smallest absolute Gasteiger partial charge is 0.221 e. The number of phenolic OH excluding ortho intramolecular Hbond substituents is 1. The molecule has 2 amide bonds. The number of nitrogens with one attached hydrogen (secondary N) is 2. The minimum atomic E-state index is -0.276. The second kappa shape index (κ2) is 6.60. The molecule has 6 heteroatoms. The molecule has 0 aliphatic carbocycles. The van der Waals surface area contributed by atoms with Crippen molar-refractivity contribution >= 4 is 34.1 Å². The second-order valence-corrected chi connectivity index (χ2v) is 5.62. The molecule has 0 saturated heterocycles. The van der Waals surface area contributed by atoms with Crippen molar-refractivity contribution in [2.45, 2.75) is 13.8 Å². The molecular formula is C19H17N3O3. The van der Waals surface area contributed by atoms with Crippen molar-refractivity contribution in [3.8, 4) is 16.9 Å². The number of hydrogen-bond donors (Lipinski definition) is 3. The molecule has 0 aliphatic rings. The SMILES string of the molecule is CC(=O)Nc1ccccc1-c1ccnc2c(O)c(NC(C)=O)ccc12. The zero-order chi connectivity index (χ0) is 18.0. The van der Waals surface area contributed by atoms with Gasteiger partial charge in [-0.1, -0.05) is 18.2 Å². The third kappa shape index (κ3) is 3.28. The first-order valence-corrected chi connectivity index (χ1v) is 7.72. The summed E-state index contributed by atoms with van der Waals surface area (Å²) < 4.78 is 0. The van der Waals surface area contributed by atoms with Crippen LogP contribution in [-0.4, -0.2) is 21.9 Å². The van der Waals surface area contributed by atoms with Crippen LogP contribution in [0.2, 0.25) is 0 Å². The molecule has 3 aromatic rings. The zero-order valence-electron chi connectivity index (χ0n) is 13.8. The minimum absolute atomic E-state index is 0.0911. The summed E-state index contributed by atoms with van der Waals surface area (Å²) in [5.74, 6) is -0.532. The van der Waals surface area contributed by atoms with Gasteiger partial charge in [0.1, 0.15) is 5.52 Å². The van der Waals surface area contributed by atoms with Crippen molar-refractivity contribution < 1.29 is 14.7 Å². The molecule has 6 nitrogen and oxygen atoms in total. The Hall–Kier alpha value is -3.41. The van der Waals surface area contributed by atoms with Gasteiger partial charge in [-0.25, -0.2) is 0 Å². The average Bonchev–Trinajstić information content (AvgIpc) is 2.57. The number of aromatic nitrogens is 1. The fourth-order valence-corrected chi connectivity index (χ4v) is 2.75. The van der Waals surface area contributed by atoms with E-state index in [0.717, 1.165) is 11.1 Å². The van der Waals surface area contributed by atoms with Crippen molar-refractivity contribution in [3.05, 3.63) is 48.7 Å². The topological polar surface area (TPSA) is 91.3 Å². The molecule has 2 aromatic carbocycles. The molecule has 0 unspecified atom stereocenters. The lowest BCUT2D eigenvalue weighted by Gasteiger charge is -2.14. The van der Waals surface area contributed by atoms with Crippen LogP contribution in [0.5, 0.6) is 5.75 Å². The normalized spacial score (nSPS) is 10.5. The fraction of sp³-hybridized carbons (Fsp3) is 0.105. The summed E-state index contributed by atoms with van der Waals surface area (Å²) in [4.78, 5) is 26.9. The molecule has 1 heterocycles. The number of aromatic hydroxyl groups is 1. The van der Waals surface area contributed by atoms with Crippen LogP contribution < -0.4 is 10.6 Å². The molecule has 126 valence electrons. The Labute approximate surface area is 144 Å². The van der Waals surface area contributed by atoms with Crippen molar-refractivity contribution in [3.63, 3.8) is 0 Å². The number of phenols is 1. The number of rotatable bonds is 3. The molecule has 0 bridgehead atoms. The van der Waals surface area contributed by atoms with Crippen LogP contribution in [0.25, 0.3) is 22.0 Å². The Balaban J connectivity index is 2.21. The van der Waals surface area contributed by atoms with E-state index in [4.69, 9.17) is 0 Å². The predicted octanol–water partition coefficient (Wildman–Crippen LogP) is 3.52. The van der Waals surface area contributed by atoms with Crippen LogP contribution in [0.4, 0.5) is 11.4 Å². The number of carbonyl (C=O) groups is 2. The first-order chi connectivity index (χ1) is 12.0. The highest BCUT2D eigenvalue weighted by molar-refractivity contribution is 6.05. The Morgan fingerprint density at radius 1 is 0.880 bits per heavy atom. The number of anilines is 2. The molecule has 3 rings (SSSR count). The summed E-state index contributed by atoms with van der Waals surface area (Å²) in [5, 5.41) is 16.5. The van der Waals surface area contributed by atoms with E-state index in [1.54, 1.807) is 18.3 Å². The molecule has 0 atom stereocenters. The highest BCUT2D eigenvalue weighted by Crippen LogP contribution is 2.38. The van der Waals surface area contributed by atoms with Crippen molar-refractivity contribution in [1.82, 2.24) is 4.98 Å². The van der Waals surface area contributed by atoms with E-state index in [9.17, 15) is 14.7 Å². The largest absolute Gasteiger partial charge is 0.504 e. The molecule has 0 spiro atoms. The highest BCUT2D eigenvalue weighted by atomic mass is 16.3. The van der Waals surface area contributed by atoms with Gasteiger partial charge in [0.15, 0.2) is 5.75 Å². The number of carbonyl (C=O) groups excluding carboxylic acids is 2. The first kappa shape index (κ1) is 16.4. The summed E-state index contributed by atoms with van der Waals surface area (Å²) in [7, 11) is 0. The summed E-state index contributed by atoms with van der Waals surface area (Å²) in [6, 6.07) is 12.6. The van der Waals surface area contributed by atoms with E-state index in [-0.39, 0.29) is 17.6 Å². The van der Waals surface area contributed by atoms with E-state index < -0.39 is 0 Å².